The Balaban J connectivity index is 2.21. The maximum absolute atomic E-state index is 12.9. The van der Waals surface area contributed by atoms with E-state index in [0.29, 0.717) is 16.1 Å². The number of hydrogen-bond acceptors (Lipinski definition) is 5. The molecule has 0 unspecified atom stereocenters. The highest BCUT2D eigenvalue weighted by molar-refractivity contribution is 7.92. The summed E-state index contributed by atoms with van der Waals surface area (Å²) in [5, 5.41) is 5.71. The normalized spacial score (nSPS) is 12.7. The third kappa shape index (κ3) is 5.79. The zero-order valence-electron chi connectivity index (χ0n) is 14.3. The van der Waals surface area contributed by atoms with Crippen LogP contribution in [0.15, 0.2) is 46.9 Å². The molecule has 6 nitrogen and oxygen atoms in total. The highest BCUT2D eigenvalue weighted by Crippen LogP contribution is 2.32. The minimum Gasteiger partial charge on any atom is -0.271 e. The summed E-state index contributed by atoms with van der Waals surface area (Å²) in [6.45, 7) is 0.953. The van der Waals surface area contributed by atoms with Crippen LogP contribution in [0.2, 0.25) is 0 Å². The maximum atomic E-state index is 12.9. The van der Waals surface area contributed by atoms with E-state index in [2.05, 4.69) is 10.5 Å². The van der Waals surface area contributed by atoms with Gasteiger partial charge in [0.2, 0.25) is 10.0 Å². The second-order valence-corrected chi connectivity index (χ2v) is 8.38. The predicted octanol–water partition coefficient (Wildman–Crippen LogP) is 3.07. The fraction of sp³-hybridized carbons (Fsp3) is 0.250. The zero-order valence-corrected chi connectivity index (χ0v) is 16.0. The summed E-state index contributed by atoms with van der Waals surface area (Å²) in [6, 6.07) is 7.35. The van der Waals surface area contributed by atoms with Gasteiger partial charge < -0.3 is 0 Å². The van der Waals surface area contributed by atoms with E-state index in [1.54, 1.807) is 19.1 Å². The Bertz CT molecular complexity index is 939. The molecule has 2 aromatic rings. The van der Waals surface area contributed by atoms with Crippen LogP contribution in [0.4, 0.5) is 18.9 Å². The van der Waals surface area contributed by atoms with Crippen molar-refractivity contribution in [2.75, 3.05) is 17.1 Å². The topological polar surface area (TPSA) is 78.8 Å². The van der Waals surface area contributed by atoms with Crippen molar-refractivity contribution < 1.29 is 26.4 Å². The molecule has 27 heavy (non-hydrogen) atoms. The fourth-order valence-electron chi connectivity index (χ4n) is 2.09. The Kier molecular flexibility index (Phi) is 6.26. The third-order valence-electron chi connectivity index (χ3n) is 3.38. The third-order valence-corrected chi connectivity index (χ3v) is 5.49. The van der Waals surface area contributed by atoms with E-state index in [1.807, 2.05) is 5.38 Å². The van der Waals surface area contributed by atoms with Gasteiger partial charge in [0.1, 0.15) is 6.54 Å². The SMILES string of the molecule is CC(=NNC(=O)CN(c1cccc(C(F)(F)F)c1)S(C)(=O)=O)c1cccs1. The molecule has 0 spiro atoms. The van der Waals surface area contributed by atoms with Gasteiger partial charge in [-0.05, 0) is 36.6 Å². The number of carbonyl (C=O) groups excluding carboxylic acids is 1. The van der Waals surface area contributed by atoms with Gasteiger partial charge in [0, 0.05) is 4.88 Å². The molecule has 1 N–H and O–H groups in total. The first-order valence-corrected chi connectivity index (χ1v) is 10.2. The maximum Gasteiger partial charge on any atom is 0.416 e. The van der Waals surface area contributed by atoms with E-state index in [9.17, 15) is 26.4 Å². The molecule has 0 aliphatic rings. The predicted molar refractivity (Wildman–Crippen MR) is 98.3 cm³/mol. The van der Waals surface area contributed by atoms with Gasteiger partial charge in [-0.3, -0.25) is 9.10 Å². The molecule has 0 aliphatic carbocycles. The average Bonchev–Trinajstić information content (AvgIpc) is 3.10. The van der Waals surface area contributed by atoms with Crippen LogP contribution >= 0.6 is 11.3 Å². The summed E-state index contributed by atoms with van der Waals surface area (Å²) in [6.07, 6.45) is -3.83. The van der Waals surface area contributed by atoms with Crippen LogP contribution in [0, 0.1) is 0 Å². The molecular weight excluding hydrogens is 403 g/mol. The van der Waals surface area contributed by atoms with Gasteiger partial charge in [0.25, 0.3) is 5.91 Å². The molecule has 1 heterocycles. The molecule has 0 bridgehead atoms. The Morgan fingerprint density at radius 3 is 2.52 bits per heavy atom. The first-order chi connectivity index (χ1) is 12.5. The molecule has 2 rings (SSSR count). The molecule has 146 valence electrons. The quantitative estimate of drug-likeness (QED) is 0.577. The summed E-state index contributed by atoms with van der Waals surface area (Å²) < 4.78 is 63.2. The van der Waals surface area contributed by atoms with E-state index in [1.165, 1.54) is 17.4 Å². The van der Waals surface area contributed by atoms with Crippen LogP contribution in [0.3, 0.4) is 0 Å². The van der Waals surface area contributed by atoms with Crippen LogP contribution in [0.1, 0.15) is 17.4 Å². The lowest BCUT2D eigenvalue weighted by atomic mass is 10.2. The van der Waals surface area contributed by atoms with Crippen molar-refractivity contribution in [3.8, 4) is 0 Å². The molecule has 0 fully saturated rings. The first-order valence-electron chi connectivity index (χ1n) is 7.50. The number of nitrogens with one attached hydrogen (secondary N) is 1. The second-order valence-electron chi connectivity index (χ2n) is 5.53. The molecule has 0 radical (unpaired) electrons. The number of benzene rings is 1. The standard InChI is InChI=1S/C16H16F3N3O3S2/c1-11(14-7-4-8-26-14)20-21-15(23)10-22(27(2,24)25)13-6-3-5-12(9-13)16(17,18)19/h3-9H,10H2,1-2H3,(H,21,23). The van der Waals surface area contributed by atoms with Gasteiger partial charge in [-0.2, -0.15) is 18.3 Å². The van der Waals surface area contributed by atoms with Gasteiger partial charge >= 0.3 is 6.18 Å². The highest BCUT2D eigenvalue weighted by Gasteiger charge is 2.32. The number of carbonyl (C=O) groups is 1. The van der Waals surface area contributed by atoms with E-state index in [0.717, 1.165) is 23.3 Å². The van der Waals surface area contributed by atoms with Gasteiger partial charge in [-0.15, -0.1) is 11.3 Å². The number of amides is 1. The van der Waals surface area contributed by atoms with Crippen LogP contribution in [0.5, 0.6) is 0 Å². The Morgan fingerprint density at radius 1 is 1.26 bits per heavy atom. The summed E-state index contributed by atoms with van der Waals surface area (Å²) in [5.41, 5.74) is 1.46. The Morgan fingerprint density at radius 2 is 1.96 bits per heavy atom. The summed E-state index contributed by atoms with van der Waals surface area (Å²) in [5.74, 6) is -0.784. The number of thiophene rings is 1. The van der Waals surface area contributed by atoms with Crippen molar-refractivity contribution in [3.05, 3.63) is 52.2 Å². The second kappa shape index (κ2) is 8.09. The zero-order chi connectivity index (χ0) is 20.2. The van der Waals surface area contributed by atoms with Crippen molar-refractivity contribution in [2.24, 2.45) is 5.10 Å². The lowest BCUT2D eigenvalue weighted by molar-refractivity contribution is -0.137. The molecule has 1 aromatic heterocycles. The molecule has 0 atom stereocenters. The minimum absolute atomic E-state index is 0.263. The van der Waals surface area contributed by atoms with Crippen molar-refractivity contribution in [1.29, 1.82) is 0 Å². The average molecular weight is 419 g/mol. The van der Waals surface area contributed by atoms with Gasteiger partial charge in [0.15, 0.2) is 0 Å². The van der Waals surface area contributed by atoms with Crippen molar-refractivity contribution in [1.82, 2.24) is 5.43 Å². The number of hydrogen-bond donors (Lipinski definition) is 1. The Hall–Kier alpha value is -2.40. The van der Waals surface area contributed by atoms with E-state index >= 15 is 0 Å². The minimum atomic E-state index is -4.64. The number of anilines is 1. The number of alkyl halides is 3. The number of sulfonamides is 1. The van der Waals surface area contributed by atoms with Crippen LogP contribution in [-0.2, 0) is 21.0 Å². The monoisotopic (exact) mass is 419 g/mol. The van der Waals surface area contributed by atoms with Crippen LogP contribution in [0.25, 0.3) is 0 Å². The fourth-order valence-corrected chi connectivity index (χ4v) is 3.61. The van der Waals surface area contributed by atoms with E-state index < -0.39 is 34.2 Å². The number of hydrazone groups is 1. The Labute approximate surface area is 158 Å². The number of rotatable bonds is 6. The van der Waals surface area contributed by atoms with Crippen molar-refractivity contribution in [3.63, 3.8) is 0 Å². The van der Waals surface area contributed by atoms with Gasteiger partial charge in [0.05, 0.1) is 23.2 Å². The van der Waals surface area contributed by atoms with Gasteiger partial charge in [-0.25, -0.2) is 13.8 Å². The molecule has 11 heteroatoms. The van der Waals surface area contributed by atoms with Gasteiger partial charge in [-0.1, -0.05) is 12.1 Å². The summed E-state index contributed by atoms with van der Waals surface area (Å²) in [4.78, 5) is 12.9. The first kappa shape index (κ1) is 20.9. The highest BCUT2D eigenvalue weighted by atomic mass is 32.2. The lowest BCUT2D eigenvalue weighted by Crippen LogP contribution is -2.39. The lowest BCUT2D eigenvalue weighted by Gasteiger charge is -2.22. The molecule has 0 saturated carbocycles. The van der Waals surface area contributed by atoms with Crippen molar-refractivity contribution in [2.45, 2.75) is 13.1 Å². The van der Waals surface area contributed by atoms with Crippen molar-refractivity contribution >= 4 is 38.7 Å². The molecule has 1 aromatic carbocycles. The summed E-state index contributed by atoms with van der Waals surface area (Å²) >= 11 is 1.41. The van der Waals surface area contributed by atoms with Crippen LogP contribution < -0.4 is 9.73 Å². The smallest absolute Gasteiger partial charge is 0.271 e. The van der Waals surface area contributed by atoms with E-state index in [-0.39, 0.29) is 5.69 Å². The van der Waals surface area contributed by atoms with E-state index in [4.69, 9.17) is 0 Å². The number of nitrogens with zero attached hydrogens (tertiary/aromatic N) is 2. The molecular formula is C16H16F3N3O3S2. The number of halogens is 3. The summed E-state index contributed by atoms with van der Waals surface area (Å²) in [7, 11) is -4.00. The largest absolute Gasteiger partial charge is 0.416 e. The molecule has 0 aliphatic heterocycles. The van der Waals surface area contributed by atoms with Crippen LogP contribution in [-0.4, -0.2) is 32.8 Å². The molecule has 0 saturated heterocycles. The molecule has 1 amide bonds.